The standard InChI is InChI=1S/C31H56/c1-7-14-24(4)23-30(5,9-3)21-19-27-22-26(27)17-10-11-18-28-29-25(15-8-2)16-12-13-20-31(28,29)6/h23,25-29H,7-22H2,1-6H3. The summed E-state index contributed by atoms with van der Waals surface area (Å²) in [6, 6.07) is 0. The first kappa shape index (κ1) is 25.4. The zero-order valence-corrected chi connectivity index (χ0v) is 22.3. The van der Waals surface area contributed by atoms with Crippen LogP contribution in [0.1, 0.15) is 144 Å². The molecule has 7 atom stereocenters. The molecule has 3 rings (SSSR count). The maximum atomic E-state index is 2.66. The van der Waals surface area contributed by atoms with Crippen molar-refractivity contribution in [1.82, 2.24) is 0 Å². The van der Waals surface area contributed by atoms with Crippen LogP contribution in [0.5, 0.6) is 0 Å². The van der Waals surface area contributed by atoms with Gasteiger partial charge < -0.3 is 0 Å². The van der Waals surface area contributed by atoms with E-state index in [0.29, 0.717) is 5.41 Å². The highest BCUT2D eigenvalue weighted by Gasteiger charge is 2.62. The van der Waals surface area contributed by atoms with E-state index in [9.17, 15) is 0 Å². The molecular weight excluding hydrogens is 372 g/mol. The van der Waals surface area contributed by atoms with Crippen molar-refractivity contribution in [3.63, 3.8) is 0 Å². The minimum Gasteiger partial charge on any atom is -0.0797 e. The Kier molecular flexibility index (Phi) is 9.20. The average molecular weight is 429 g/mol. The van der Waals surface area contributed by atoms with Gasteiger partial charge in [0.05, 0.1) is 0 Å². The molecule has 0 spiro atoms. The molecule has 3 aliphatic carbocycles. The maximum absolute atomic E-state index is 2.66. The summed E-state index contributed by atoms with van der Waals surface area (Å²) < 4.78 is 0. The third-order valence-corrected chi connectivity index (χ3v) is 10.2. The van der Waals surface area contributed by atoms with Gasteiger partial charge in [-0.15, -0.1) is 0 Å². The van der Waals surface area contributed by atoms with Gasteiger partial charge in [-0.3, -0.25) is 0 Å². The molecule has 0 aliphatic heterocycles. The van der Waals surface area contributed by atoms with Gasteiger partial charge in [-0.25, -0.2) is 0 Å². The SMILES string of the molecule is CCCC(C)=CC(C)(CC)CCC1CC1CCCCC1C2C(CCC)CCCCC12C. The van der Waals surface area contributed by atoms with Crippen LogP contribution in [-0.4, -0.2) is 0 Å². The number of rotatable bonds is 14. The largest absolute Gasteiger partial charge is 0.0797 e. The number of fused-ring (bicyclic) bond motifs is 1. The van der Waals surface area contributed by atoms with Gasteiger partial charge >= 0.3 is 0 Å². The topological polar surface area (TPSA) is 0 Å². The number of hydrogen-bond donors (Lipinski definition) is 0. The highest BCUT2D eigenvalue weighted by Crippen LogP contribution is 2.69. The van der Waals surface area contributed by atoms with Crippen LogP contribution < -0.4 is 0 Å². The van der Waals surface area contributed by atoms with Gasteiger partial charge in [-0.05, 0) is 92.3 Å². The molecular formula is C31H56. The van der Waals surface area contributed by atoms with Gasteiger partial charge in [0, 0.05) is 0 Å². The molecule has 3 saturated carbocycles. The van der Waals surface area contributed by atoms with Crippen molar-refractivity contribution < 1.29 is 0 Å². The lowest BCUT2D eigenvalue weighted by molar-refractivity contribution is 0.346. The fraction of sp³-hybridized carbons (Fsp3) is 0.935. The van der Waals surface area contributed by atoms with Crippen molar-refractivity contribution in [2.45, 2.75) is 144 Å². The lowest BCUT2D eigenvalue weighted by Crippen LogP contribution is -2.13. The van der Waals surface area contributed by atoms with Crippen LogP contribution in [-0.2, 0) is 0 Å². The second kappa shape index (κ2) is 11.2. The van der Waals surface area contributed by atoms with Crippen LogP contribution in [0.4, 0.5) is 0 Å². The van der Waals surface area contributed by atoms with Gasteiger partial charge in [-0.2, -0.15) is 0 Å². The van der Waals surface area contributed by atoms with Crippen molar-refractivity contribution >= 4 is 0 Å². The summed E-state index contributed by atoms with van der Waals surface area (Å²) in [5.41, 5.74) is 2.80. The van der Waals surface area contributed by atoms with Crippen molar-refractivity contribution in [2.75, 3.05) is 0 Å². The van der Waals surface area contributed by atoms with E-state index in [2.05, 4.69) is 47.6 Å². The summed E-state index contributed by atoms with van der Waals surface area (Å²) in [7, 11) is 0. The minimum absolute atomic E-state index is 0.442. The summed E-state index contributed by atoms with van der Waals surface area (Å²) in [6.45, 7) is 14.6. The smallest absolute Gasteiger partial charge is 0.0146 e. The second-order valence-corrected chi connectivity index (χ2v) is 12.8. The Bertz CT molecular complexity index is 573. The lowest BCUT2D eigenvalue weighted by atomic mass is 9.80. The molecule has 0 aromatic carbocycles. The number of unbranched alkanes of at least 4 members (excludes halogenated alkanes) is 1. The van der Waals surface area contributed by atoms with Crippen LogP contribution in [0.25, 0.3) is 0 Å². The fourth-order valence-electron chi connectivity index (χ4n) is 7.93. The van der Waals surface area contributed by atoms with E-state index in [1.807, 2.05) is 0 Å². The van der Waals surface area contributed by atoms with Crippen LogP contribution in [0.15, 0.2) is 11.6 Å². The molecule has 0 radical (unpaired) electrons. The molecule has 31 heavy (non-hydrogen) atoms. The molecule has 0 aromatic heterocycles. The predicted octanol–water partition coefficient (Wildman–Crippen LogP) is 10.4. The summed E-state index contributed by atoms with van der Waals surface area (Å²) in [6.07, 6.45) is 26.0. The van der Waals surface area contributed by atoms with E-state index in [1.165, 1.54) is 89.9 Å². The average Bonchev–Trinajstić information content (AvgIpc) is 3.61. The highest BCUT2D eigenvalue weighted by atomic mass is 14.7. The van der Waals surface area contributed by atoms with Gasteiger partial charge in [0.1, 0.15) is 0 Å². The van der Waals surface area contributed by atoms with Crippen LogP contribution >= 0.6 is 0 Å². The molecule has 0 bridgehead atoms. The molecule has 0 nitrogen and oxygen atoms in total. The number of allylic oxidation sites excluding steroid dienone is 2. The highest BCUT2D eigenvalue weighted by molar-refractivity contribution is 5.10. The molecule has 0 amide bonds. The molecule has 7 unspecified atom stereocenters. The Balaban J connectivity index is 1.33. The van der Waals surface area contributed by atoms with E-state index in [4.69, 9.17) is 0 Å². The lowest BCUT2D eigenvalue weighted by Gasteiger charge is -2.26. The van der Waals surface area contributed by atoms with Gasteiger partial charge in [0.15, 0.2) is 0 Å². The summed E-state index contributed by atoms with van der Waals surface area (Å²) in [4.78, 5) is 0. The monoisotopic (exact) mass is 428 g/mol. The Hall–Kier alpha value is -0.260. The van der Waals surface area contributed by atoms with E-state index in [-0.39, 0.29) is 0 Å². The molecule has 0 heterocycles. The Morgan fingerprint density at radius 1 is 0.935 bits per heavy atom. The summed E-state index contributed by atoms with van der Waals surface area (Å²) in [5.74, 6) is 5.39. The molecule has 0 aromatic rings. The second-order valence-electron chi connectivity index (χ2n) is 12.8. The minimum atomic E-state index is 0.442. The van der Waals surface area contributed by atoms with Gasteiger partial charge in [0.2, 0.25) is 0 Å². The van der Waals surface area contributed by atoms with Gasteiger partial charge in [0.25, 0.3) is 0 Å². The zero-order chi connectivity index (χ0) is 22.5. The van der Waals surface area contributed by atoms with Gasteiger partial charge in [-0.1, -0.05) is 104 Å². The molecule has 180 valence electrons. The van der Waals surface area contributed by atoms with Crippen molar-refractivity contribution in [1.29, 1.82) is 0 Å². The third-order valence-electron chi connectivity index (χ3n) is 10.2. The van der Waals surface area contributed by atoms with E-state index < -0.39 is 0 Å². The molecule has 0 heteroatoms. The zero-order valence-electron chi connectivity index (χ0n) is 22.3. The Morgan fingerprint density at radius 3 is 2.39 bits per heavy atom. The van der Waals surface area contributed by atoms with Crippen molar-refractivity contribution in [3.05, 3.63) is 11.6 Å². The van der Waals surface area contributed by atoms with E-state index in [1.54, 1.807) is 18.4 Å². The van der Waals surface area contributed by atoms with Crippen LogP contribution in [0.3, 0.4) is 0 Å². The van der Waals surface area contributed by atoms with Crippen molar-refractivity contribution in [2.24, 2.45) is 40.4 Å². The normalized spacial score (nSPS) is 37.1. The van der Waals surface area contributed by atoms with E-state index in [0.717, 1.165) is 35.0 Å². The number of hydrogen-bond acceptors (Lipinski definition) is 0. The first-order valence-electron chi connectivity index (χ1n) is 14.5. The summed E-state index contributed by atoms with van der Waals surface area (Å²) in [5, 5.41) is 0. The maximum Gasteiger partial charge on any atom is -0.0146 e. The third kappa shape index (κ3) is 6.63. The first-order chi connectivity index (χ1) is 14.9. The van der Waals surface area contributed by atoms with Crippen LogP contribution in [0, 0.1) is 40.4 Å². The Morgan fingerprint density at radius 2 is 1.68 bits per heavy atom. The molecule has 3 fully saturated rings. The van der Waals surface area contributed by atoms with Crippen LogP contribution in [0.2, 0.25) is 0 Å². The summed E-state index contributed by atoms with van der Waals surface area (Å²) >= 11 is 0. The fourth-order valence-corrected chi connectivity index (χ4v) is 7.93. The Labute approximate surface area is 196 Å². The quantitative estimate of drug-likeness (QED) is 0.190. The molecule has 0 saturated heterocycles. The predicted molar refractivity (Wildman–Crippen MR) is 138 cm³/mol. The van der Waals surface area contributed by atoms with Crippen molar-refractivity contribution in [3.8, 4) is 0 Å². The van der Waals surface area contributed by atoms with E-state index >= 15 is 0 Å². The first-order valence-corrected chi connectivity index (χ1v) is 14.5. The molecule has 3 aliphatic rings. The molecule has 0 N–H and O–H groups in total.